The Balaban J connectivity index is 1.36. The third kappa shape index (κ3) is 4.75. The molecule has 1 heterocycles. The van der Waals surface area contributed by atoms with Crippen LogP contribution in [0.5, 0.6) is 17.2 Å². The first-order valence-corrected chi connectivity index (χ1v) is 13.6. The van der Waals surface area contributed by atoms with Gasteiger partial charge in [-0.1, -0.05) is 60.7 Å². The molecule has 0 bridgehead atoms. The van der Waals surface area contributed by atoms with Crippen LogP contribution in [-0.2, 0) is 20.8 Å². The number of para-hydroxylation sites is 2. The number of fused-ring (bicyclic) bond motifs is 1. The van der Waals surface area contributed by atoms with Crippen LogP contribution in [0.2, 0.25) is 0 Å². The van der Waals surface area contributed by atoms with Crippen molar-refractivity contribution in [1.29, 1.82) is 0 Å². The van der Waals surface area contributed by atoms with Crippen LogP contribution in [-0.4, -0.2) is 37.2 Å². The van der Waals surface area contributed by atoms with Crippen LogP contribution in [0.15, 0.2) is 91.0 Å². The van der Waals surface area contributed by atoms with Gasteiger partial charge in [0.25, 0.3) is 0 Å². The first-order chi connectivity index (χ1) is 20.4. The summed E-state index contributed by atoms with van der Waals surface area (Å²) in [5, 5.41) is 13.3. The van der Waals surface area contributed by atoms with Crippen LogP contribution in [0.1, 0.15) is 28.5 Å². The molecule has 0 spiro atoms. The zero-order valence-electron chi connectivity index (χ0n) is 23.1. The van der Waals surface area contributed by atoms with Crippen molar-refractivity contribution in [3.8, 4) is 28.4 Å². The fraction of sp³-hybridized carbons (Fsp3) is 0.206. The molecule has 4 aromatic carbocycles. The van der Waals surface area contributed by atoms with E-state index < -0.39 is 35.6 Å². The third-order valence-electron chi connectivity index (χ3n) is 8.22. The topological polar surface area (TPSA) is 111 Å². The minimum Gasteiger partial charge on any atom is -0.496 e. The van der Waals surface area contributed by atoms with E-state index in [2.05, 4.69) is 5.32 Å². The number of carbonyl (C=O) groups is 3. The van der Waals surface area contributed by atoms with Crippen LogP contribution in [0.4, 0.5) is 5.69 Å². The highest BCUT2D eigenvalue weighted by Crippen LogP contribution is 2.60. The first kappa shape index (κ1) is 27.1. The summed E-state index contributed by atoms with van der Waals surface area (Å²) in [6.45, 7) is 0. The maximum atomic E-state index is 14.0. The van der Waals surface area contributed by atoms with Gasteiger partial charge < -0.3 is 24.6 Å². The maximum absolute atomic E-state index is 14.0. The van der Waals surface area contributed by atoms with Gasteiger partial charge in [-0.2, -0.15) is 0 Å². The molecule has 42 heavy (non-hydrogen) atoms. The van der Waals surface area contributed by atoms with Gasteiger partial charge in [0.05, 0.1) is 32.5 Å². The van der Waals surface area contributed by atoms with Crippen LogP contribution >= 0.6 is 0 Å². The van der Waals surface area contributed by atoms with Crippen molar-refractivity contribution in [2.75, 3.05) is 19.5 Å². The van der Waals surface area contributed by atoms with E-state index in [1.54, 1.807) is 66.7 Å². The zero-order chi connectivity index (χ0) is 29.4. The molecule has 6 rings (SSSR count). The number of anilines is 1. The van der Waals surface area contributed by atoms with Gasteiger partial charge in [0.15, 0.2) is 0 Å². The SMILES string of the molecule is COc1ccccc1C1C(C(=O)O)[C@H](c2ccccc2OC)C1C(=O)Oc1cccc(-c2ccc3c(c2)NC(=O)C3)c1. The summed E-state index contributed by atoms with van der Waals surface area (Å²) in [6, 6.07) is 27.2. The highest BCUT2D eigenvalue weighted by atomic mass is 16.5. The van der Waals surface area contributed by atoms with Crippen LogP contribution in [0.3, 0.4) is 0 Å². The molecular weight excluding hydrogens is 534 g/mol. The van der Waals surface area contributed by atoms with Gasteiger partial charge in [0, 0.05) is 17.5 Å². The van der Waals surface area contributed by atoms with E-state index in [-0.39, 0.29) is 5.91 Å². The van der Waals surface area contributed by atoms with Gasteiger partial charge in [0.1, 0.15) is 17.2 Å². The minimum absolute atomic E-state index is 0.0424. The summed E-state index contributed by atoms with van der Waals surface area (Å²) in [4.78, 5) is 38.5. The van der Waals surface area contributed by atoms with E-state index in [1.807, 2.05) is 24.3 Å². The summed E-state index contributed by atoms with van der Waals surface area (Å²) >= 11 is 0. The van der Waals surface area contributed by atoms with Crippen molar-refractivity contribution in [2.45, 2.75) is 18.3 Å². The van der Waals surface area contributed by atoms with Gasteiger partial charge in [-0.25, -0.2) is 0 Å². The number of esters is 1. The summed E-state index contributed by atoms with van der Waals surface area (Å²) in [5.41, 5.74) is 4.65. The number of carboxylic acids is 1. The number of hydrogen-bond acceptors (Lipinski definition) is 6. The normalized spacial score (nSPS) is 20.6. The fourth-order valence-corrected chi connectivity index (χ4v) is 6.32. The minimum atomic E-state index is -1.02. The number of nitrogens with one attached hydrogen (secondary N) is 1. The van der Waals surface area contributed by atoms with E-state index in [4.69, 9.17) is 14.2 Å². The Labute approximate surface area is 242 Å². The molecule has 1 amide bonds. The fourth-order valence-electron chi connectivity index (χ4n) is 6.32. The quantitative estimate of drug-likeness (QED) is 0.210. The lowest BCUT2D eigenvalue weighted by atomic mass is 9.52. The molecule has 0 saturated heterocycles. The third-order valence-corrected chi connectivity index (χ3v) is 8.22. The molecule has 4 atom stereocenters. The average molecular weight is 564 g/mol. The lowest BCUT2D eigenvalue weighted by Crippen LogP contribution is -2.52. The smallest absolute Gasteiger partial charge is 0.315 e. The van der Waals surface area contributed by atoms with E-state index in [0.29, 0.717) is 34.8 Å². The Morgan fingerprint density at radius 2 is 1.38 bits per heavy atom. The molecule has 0 radical (unpaired) electrons. The number of aliphatic carboxylic acids is 1. The number of carbonyl (C=O) groups excluding carboxylic acids is 2. The molecule has 8 heteroatoms. The number of ether oxygens (including phenoxy) is 3. The summed E-state index contributed by atoms with van der Waals surface area (Å²) in [5.74, 6) is -3.37. The molecule has 1 fully saturated rings. The van der Waals surface area contributed by atoms with E-state index in [9.17, 15) is 19.5 Å². The Morgan fingerprint density at radius 3 is 2.00 bits per heavy atom. The van der Waals surface area contributed by atoms with E-state index in [1.165, 1.54) is 14.2 Å². The Morgan fingerprint density at radius 1 is 0.762 bits per heavy atom. The van der Waals surface area contributed by atoms with Crippen LogP contribution in [0.25, 0.3) is 11.1 Å². The highest BCUT2D eigenvalue weighted by molar-refractivity contribution is 6.00. The highest BCUT2D eigenvalue weighted by Gasteiger charge is 2.60. The standard InChI is InChI=1S/C34H29NO7/c1-40-26-12-5-3-10-23(26)29-31(33(37)38)30(24-11-4-6-13-27(24)41-2)32(29)34(39)42-22-9-7-8-19(16-22)20-14-15-21-18-28(36)35-25(21)17-20/h3-17,29-32H,18H2,1-2H3,(H,35,36)(H,37,38)/t29-,30?,31?,32?/m0/s1. The predicted octanol–water partition coefficient (Wildman–Crippen LogP) is 5.67. The molecule has 8 nitrogen and oxygen atoms in total. The predicted molar refractivity (Wildman–Crippen MR) is 156 cm³/mol. The monoisotopic (exact) mass is 563 g/mol. The number of carboxylic acid groups (broad SMARTS) is 1. The molecule has 2 N–H and O–H groups in total. The molecule has 4 aromatic rings. The van der Waals surface area contributed by atoms with Crippen molar-refractivity contribution in [2.24, 2.45) is 11.8 Å². The molecule has 0 aromatic heterocycles. The van der Waals surface area contributed by atoms with E-state index >= 15 is 0 Å². The van der Waals surface area contributed by atoms with Crippen molar-refractivity contribution in [3.05, 3.63) is 108 Å². The number of hydrogen-bond donors (Lipinski definition) is 2. The second-order valence-electron chi connectivity index (χ2n) is 10.5. The number of amides is 1. The Kier molecular flexibility index (Phi) is 7.12. The second-order valence-corrected chi connectivity index (χ2v) is 10.5. The largest absolute Gasteiger partial charge is 0.496 e. The molecule has 1 aliphatic heterocycles. The Bertz CT molecular complexity index is 1640. The van der Waals surface area contributed by atoms with Crippen LogP contribution in [0, 0.1) is 11.8 Å². The number of rotatable bonds is 8. The Hall–Kier alpha value is -5.11. The molecule has 212 valence electrons. The van der Waals surface area contributed by atoms with Gasteiger partial charge in [0.2, 0.25) is 5.91 Å². The maximum Gasteiger partial charge on any atom is 0.315 e. The second kappa shape index (κ2) is 11.0. The van der Waals surface area contributed by atoms with Crippen molar-refractivity contribution in [3.63, 3.8) is 0 Å². The molecule has 2 aliphatic rings. The molecule has 3 unspecified atom stereocenters. The average Bonchev–Trinajstić information content (AvgIpc) is 3.36. The summed E-state index contributed by atoms with van der Waals surface area (Å²) in [6.07, 6.45) is 0.354. The zero-order valence-corrected chi connectivity index (χ0v) is 23.1. The van der Waals surface area contributed by atoms with Gasteiger partial charge in [-0.05, 0) is 58.1 Å². The summed E-state index contributed by atoms with van der Waals surface area (Å²) < 4.78 is 17.1. The summed E-state index contributed by atoms with van der Waals surface area (Å²) in [7, 11) is 3.04. The van der Waals surface area contributed by atoms with Crippen molar-refractivity contribution in [1.82, 2.24) is 0 Å². The van der Waals surface area contributed by atoms with E-state index in [0.717, 1.165) is 22.4 Å². The molecule has 1 aliphatic carbocycles. The van der Waals surface area contributed by atoms with Gasteiger partial charge in [-0.15, -0.1) is 0 Å². The first-order valence-electron chi connectivity index (χ1n) is 13.6. The van der Waals surface area contributed by atoms with Crippen LogP contribution < -0.4 is 19.5 Å². The molecular formula is C34H29NO7. The van der Waals surface area contributed by atoms with Crippen molar-refractivity contribution >= 4 is 23.5 Å². The van der Waals surface area contributed by atoms with Gasteiger partial charge in [-0.3, -0.25) is 14.4 Å². The lowest BCUT2D eigenvalue weighted by Gasteiger charge is -2.49. The lowest BCUT2D eigenvalue weighted by molar-refractivity contribution is -0.158. The van der Waals surface area contributed by atoms with Gasteiger partial charge >= 0.3 is 11.9 Å². The molecule has 1 saturated carbocycles. The van der Waals surface area contributed by atoms with Crippen molar-refractivity contribution < 1.29 is 33.7 Å². The number of methoxy groups -OCH3 is 2. The number of benzene rings is 4.